The topological polar surface area (TPSA) is 96.4 Å². The SMILES string of the molecule is O=C(c1cccnn1)N1CCN(Cc2ccncc2)[C@@H]2CS(=O)(=O)C[C@@H]21. The number of sulfone groups is 1. The number of amides is 1. The predicted molar refractivity (Wildman–Crippen MR) is 93.9 cm³/mol. The molecule has 0 bridgehead atoms. The van der Waals surface area contributed by atoms with E-state index in [0.29, 0.717) is 19.6 Å². The summed E-state index contributed by atoms with van der Waals surface area (Å²) in [7, 11) is -3.19. The van der Waals surface area contributed by atoms with Gasteiger partial charge in [0.25, 0.3) is 5.91 Å². The first kappa shape index (κ1) is 17.0. The highest BCUT2D eigenvalue weighted by Crippen LogP contribution is 2.29. The van der Waals surface area contributed by atoms with Gasteiger partial charge in [-0.15, -0.1) is 5.10 Å². The molecule has 0 spiro atoms. The van der Waals surface area contributed by atoms with Crippen LogP contribution in [-0.4, -0.2) is 76.0 Å². The molecule has 0 aromatic carbocycles. The molecular weight excluding hydrogens is 354 g/mol. The molecule has 0 saturated carbocycles. The summed E-state index contributed by atoms with van der Waals surface area (Å²) < 4.78 is 24.6. The fourth-order valence-electron chi connectivity index (χ4n) is 3.76. The summed E-state index contributed by atoms with van der Waals surface area (Å²) in [5.74, 6) is -0.183. The van der Waals surface area contributed by atoms with Gasteiger partial charge in [0.1, 0.15) is 0 Å². The van der Waals surface area contributed by atoms with Crippen molar-refractivity contribution in [1.82, 2.24) is 25.0 Å². The molecule has 0 unspecified atom stereocenters. The first-order valence-electron chi connectivity index (χ1n) is 8.45. The smallest absolute Gasteiger partial charge is 0.274 e. The van der Waals surface area contributed by atoms with Gasteiger partial charge in [0, 0.05) is 44.3 Å². The van der Waals surface area contributed by atoms with Crippen molar-refractivity contribution in [3.05, 3.63) is 54.1 Å². The van der Waals surface area contributed by atoms with Crippen LogP contribution in [0.25, 0.3) is 0 Å². The second kappa shape index (κ2) is 6.73. The van der Waals surface area contributed by atoms with Crippen molar-refractivity contribution in [3.63, 3.8) is 0 Å². The van der Waals surface area contributed by atoms with Crippen LogP contribution in [-0.2, 0) is 16.4 Å². The normalized spacial score (nSPS) is 25.0. The molecule has 2 aliphatic rings. The van der Waals surface area contributed by atoms with Crippen LogP contribution < -0.4 is 0 Å². The number of nitrogens with zero attached hydrogens (tertiary/aromatic N) is 5. The maximum absolute atomic E-state index is 12.8. The number of hydrogen-bond donors (Lipinski definition) is 0. The molecule has 2 aromatic rings. The summed E-state index contributed by atoms with van der Waals surface area (Å²) >= 11 is 0. The maximum Gasteiger partial charge on any atom is 0.274 e. The number of carbonyl (C=O) groups excluding carboxylic acids is 1. The number of aromatic nitrogens is 3. The summed E-state index contributed by atoms with van der Waals surface area (Å²) in [6, 6.07) is 6.55. The lowest BCUT2D eigenvalue weighted by Crippen LogP contribution is -2.60. The summed E-state index contributed by atoms with van der Waals surface area (Å²) in [4.78, 5) is 20.6. The summed E-state index contributed by atoms with van der Waals surface area (Å²) in [6.45, 7) is 1.73. The molecule has 2 saturated heterocycles. The van der Waals surface area contributed by atoms with Gasteiger partial charge in [-0.1, -0.05) is 0 Å². The Morgan fingerprint density at radius 3 is 2.58 bits per heavy atom. The molecule has 8 nitrogen and oxygen atoms in total. The highest BCUT2D eigenvalue weighted by atomic mass is 32.2. The van der Waals surface area contributed by atoms with Crippen molar-refractivity contribution >= 4 is 15.7 Å². The van der Waals surface area contributed by atoms with Crippen LogP contribution in [0, 0.1) is 0 Å². The number of pyridine rings is 1. The van der Waals surface area contributed by atoms with Crippen molar-refractivity contribution < 1.29 is 13.2 Å². The Bertz CT molecular complexity index is 891. The minimum Gasteiger partial charge on any atom is -0.330 e. The first-order chi connectivity index (χ1) is 12.5. The monoisotopic (exact) mass is 373 g/mol. The van der Waals surface area contributed by atoms with Crippen LogP contribution in [0.5, 0.6) is 0 Å². The fraction of sp³-hybridized carbons (Fsp3) is 0.412. The fourth-order valence-corrected chi connectivity index (χ4v) is 5.77. The van der Waals surface area contributed by atoms with Gasteiger partial charge >= 0.3 is 0 Å². The zero-order valence-electron chi connectivity index (χ0n) is 14.1. The van der Waals surface area contributed by atoms with Crippen molar-refractivity contribution in [2.75, 3.05) is 24.6 Å². The molecule has 2 atom stereocenters. The maximum atomic E-state index is 12.8. The van der Waals surface area contributed by atoms with E-state index in [9.17, 15) is 13.2 Å². The van der Waals surface area contributed by atoms with Gasteiger partial charge in [0.2, 0.25) is 0 Å². The van der Waals surface area contributed by atoms with Gasteiger partial charge in [0.15, 0.2) is 15.5 Å². The Morgan fingerprint density at radius 2 is 1.85 bits per heavy atom. The highest BCUT2D eigenvalue weighted by molar-refractivity contribution is 7.91. The quantitative estimate of drug-likeness (QED) is 0.747. The molecule has 0 N–H and O–H groups in total. The Labute approximate surface area is 151 Å². The van der Waals surface area contributed by atoms with Gasteiger partial charge < -0.3 is 4.90 Å². The third kappa shape index (κ3) is 3.32. The molecule has 4 rings (SSSR count). The number of rotatable bonds is 3. The van der Waals surface area contributed by atoms with E-state index in [4.69, 9.17) is 0 Å². The lowest BCUT2D eigenvalue weighted by atomic mass is 10.0. The number of piperazine rings is 1. The zero-order valence-corrected chi connectivity index (χ0v) is 14.9. The summed E-state index contributed by atoms with van der Waals surface area (Å²) in [5, 5.41) is 7.63. The van der Waals surface area contributed by atoms with E-state index >= 15 is 0 Å². The van der Waals surface area contributed by atoms with E-state index in [1.165, 1.54) is 6.20 Å². The van der Waals surface area contributed by atoms with Gasteiger partial charge in [-0.05, 0) is 29.8 Å². The summed E-state index contributed by atoms with van der Waals surface area (Å²) in [6.07, 6.45) is 4.96. The van der Waals surface area contributed by atoms with Crippen LogP contribution >= 0.6 is 0 Å². The third-order valence-corrected chi connectivity index (χ3v) is 6.68. The van der Waals surface area contributed by atoms with E-state index in [0.717, 1.165) is 5.56 Å². The van der Waals surface area contributed by atoms with Crippen molar-refractivity contribution in [2.24, 2.45) is 0 Å². The van der Waals surface area contributed by atoms with E-state index in [-0.39, 0.29) is 35.2 Å². The number of fused-ring (bicyclic) bond motifs is 1. The van der Waals surface area contributed by atoms with Crippen LogP contribution in [0.2, 0.25) is 0 Å². The number of carbonyl (C=O) groups is 1. The standard InChI is InChI=1S/C17H19N5O3S/c23-17(14-2-1-5-19-20-14)22-9-8-21(10-13-3-6-18-7-4-13)15-11-26(24,25)12-16(15)22/h1-7,15-16H,8-12H2/t15-,16+/m1/s1. The van der Waals surface area contributed by atoms with E-state index in [1.807, 2.05) is 12.1 Å². The minimum atomic E-state index is -3.19. The molecule has 9 heteroatoms. The second-order valence-electron chi connectivity index (χ2n) is 6.64. The number of hydrogen-bond acceptors (Lipinski definition) is 7. The second-order valence-corrected chi connectivity index (χ2v) is 8.80. The molecule has 0 radical (unpaired) electrons. The molecule has 4 heterocycles. The lowest BCUT2D eigenvalue weighted by molar-refractivity contribution is 0.0300. The molecular formula is C17H19N5O3S. The van der Waals surface area contributed by atoms with Crippen LogP contribution in [0.3, 0.4) is 0 Å². The zero-order chi connectivity index (χ0) is 18.1. The Hall–Kier alpha value is -2.39. The third-order valence-electron chi connectivity index (χ3n) is 4.98. The Morgan fingerprint density at radius 1 is 1.08 bits per heavy atom. The van der Waals surface area contributed by atoms with E-state index in [1.54, 1.807) is 29.4 Å². The molecule has 26 heavy (non-hydrogen) atoms. The van der Waals surface area contributed by atoms with Gasteiger partial charge in [-0.3, -0.25) is 14.7 Å². The molecule has 2 aliphatic heterocycles. The lowest BCUT2D eigenvalue weighted by Gasteiger charge is -2.43. The predicted octanol–water partition coefficient (Wildman–Crippen LogP) is -0.00480. The van der Waals surface area contributed by atoms with Crippen molar-refractivity contribution in [2.45, 2.75) is 18.6 Å². The van der Waals surface area contributed by atoms with Crippen molar-refractivity contribution in [1.29, 1.82) is 0 Å². The molecule has 2 aromatic heterocycles. The molecule has 2 fully saturated rings. The van der Waals surface area contributed by atoms with E-state index in [2.05, 4.69) is 20.1 Å². The molecule has 136 valence electrons. The highest BCUT2D eigenvalue weighted by Gasteiger charge is 2.48. The molecule has 1 amide bonds. The van der Waals surface area contributed by atoms with E-state index < -0.39 is 9.84 Å². The molecule has 0 aliphatic carbocycles. The van der Waals surface area contributed by atoms with Crippen LogP contribution in [0.15, 0.2) is 42.9 Å². The summed E-state index contributed by atoms with van der Waals surface area (Å²) in [5.41, 5.74) is 1.33. The van der Waals surface area contributed by atoms with Crippen molar-refractivity contribution in [3.8, 4) is 0 Å². The van der Waals surface area contributed by atoms with Gasteiger partial charge in [-0.25, -0.2) is 8.42 Å². The Balaban J connectivity index is 1.59. The largest absolute Gasteiger partial charge is 0.330 e. The average Bonchev–Trinajstić information content (AvgIpc) is 2.98. The van der Waals surface area contributed by atoms with Gasteiger partial charge in [-0.2, -0.15) is 5.10 Å². The first-order valence-corrected chi connectivity index (χ1v) is 10.3. The Kier molecular flexibility index (Phi) is 4.41. The van der Waals surface area contributed by atoms with Gasteiger partial charge in [0.05, 0.1) is 17.5 Å². The van der Waals surface area contributed by atoms with Crippen LogP contribution in [0.4, 0.5) is 0 Å². The average molecular weight is 373 g/mol. The minimum absolute atomic E-state index is 0.00346. The van der Waals surface area contributed by atoms with Crippen LogP contribution in [0.1, 0.15) is 16.1 Å².